The molecule has 0 nitrogen and oxygen atoms in total. The van der Waals surface area contributed by atoms with Crippen molar-refractivity contribution in [2.75, 3.05) is 0 Å². The largest absolute Gasteiger partial charge is 0.0622 e. The molecule has 0 aliphatic rings. The SMILES string of the molecule is CCCC.CCCC.[Pd][c]1ccc(Pc2ccccc2)cc1.c1ccc(Pc2ccccc2)cc1. The normalized spacial score (nSPS) is 9.77. The van der Waals surface area contributed by atoms with Gasteiger partial charge in [-0.25, -0.2) is 0 Å². The van der Waals surface area contributed by atoms with E-state index in [1.807, 2.05) is 0 Å². The van der Waals surface area contributed by atoms with E-state index in [1.165, 1.54) is 50.9 Å². The van der Waals surface area contributed by atoms with Gasteiger partial charge in [-0.05, 0) is 10.6 Å². The smallest absolute Gasteiger partial charge is 0.0226 e. The van der Waals surface area contributed by atoms with Crippen molar-refractivity contribution in [2.24, 2.45) is 0 Å². The van der Waals surface area contributed by atoms with Gasteiger partial charge in [-0.3, -0.25) is 0 Å². The molecular weight excluding hydrogens is 553 g/mol. The topological polar surface area (TPSA) is 0 Å². The number of rotatable bonds is 6. The van der Waals surface area contributed by atoms with Crippen LogP contribution < -0.4 is 25.3 Å². The van der Waals surface area contributed by atoms with Crippen LogP contribution in [0.15, 0.2) is 115 Å². The molecule has 0 radical (unpaired) electrons. The van der Waals surface area contributed by atoms with Crippen molar-refractivity contribution in [2.45, 2.75) is 53.4 Å². The van der Waals surface area contributed by atoms with Crippen molar-refractivity contribution in [3.05, 3.63) is 115 Å². The molecule has 0 saturated carbocycles. The average Bonchev–Trinajstić information content (AvgIpc) is 2.92. The van der Waals surface area contributed by atoms with Crippen LogP contribution in [0.2, 0.25) is 0 Å². The van der Waals surface area contributed by atoms with Gasteiger partial charge in [0.1, 0.15) is 0 Å². The predicted octanol–water partition coefficient (Wildman–Crippen LogP) is 7.42. The third-order valence-corrected chi connectivity index (χ3v) is 7.73. The molecule has 4 rings (SSSR count). The number of unbranched alkanes of at least 4 members (excludes halogenated alkanes) is 2. The summed E-state index contributed by atoms with van der Waals surface area (Å²) in [6, 6.07) is 40.3. The zero-order valence-electron chi connectivity index (χ0n) is 21.6. The van der Waals surface area contributed by atoms with E-state index < -0.39 is 0 Å². The van der Waals surface area contributed by atoms with Gasteiger partial charge < -0.3 is 0 Å². The Kier molecular flexibility index (Phi) is 19.5. The molecule has 0 spiro atoms. The zero-order chi connectivity index (χ0) is 25.6. The molecule has 1 atom stereocenters. The second kappa shape index (κ2) is 21.7. The molecular formula is C32H41P2Pd. The molecule has 0 saturated heterocycles. The number of hydrogen-bond acceptors (Lipinski definition) is 0. The fourth-order valence-corrected chi connectivity index (χ4v) is 4.76. The van der Waals surface area contributed by atoms with Crippen molar-refractivity contribution in [3.8, 4) is 0 Å². The Morgan fingerprint density at radius 3 is 0.914 bits per heavy atom. The van der Waals surface area contributed by atoms with Crippen LogP contribution in [0.25, 0.3) is 0 Å². The van der Waals surface area contributed by atoms with Gasteiger partial charge in [0.05, 0.1) is 0 Å². The number of hydrogen-bond donors (Lipinski definition) is 0. The Bertz CT molecular complexity index is 927. The average molecular weight is 594 g/mol. The minimum atomic E-state index is 0.756. The summed E-state index contributed by atoms with van der Waals surface area (Å²) in [5.41, 5.74) is 0. The monoisotopic (exact) mass is 593 g/mol. The third-order valence-electron chi connectivity index (χ3n) is 4.72. The van der Waals surface area contributed by atoms with Gasteiger partial charge in [0.15, 0.2) is 0 Å². The molecule has 4 aromatic rings. The molecule has 4 aromatic carbocycles. The van der Waals surface area contributed by atoms with Crippen LogP contribution in [0.5, 0.6) is 0 Å². The summed E-state index contributed by atoms with van der Waals surface area (Å²) in [6.45, 7) is 8.72. The first-order valence-electron chi connectivity index (χ1n) is 12.5. The predicted molar refractivity (Wildman–Crippen MR) is 162 cm³/mol. The molecule has 0 aliphatic heterocycles. The van der Waals surface area contributed by atoms with Crippen molar-refractivity contribution in [1.29, 1.82) is 0 Å². The van der Waals surface area contributed by atoms with E-state index in [2.05, 4.69) is 162 Å². The van der Waals surface area contributed by atoms with Crippen LogP contribution in [0.4, 0.5) is 0 Å². The van der Waals surface area contributed by atoms with Crippen LogP contribution >= 0.6 is 17.2 Å². The Balaban J connectivity index is 0.000000270. The van der Waals surface area contributed by atoms with E-state index in [-0.39, 0.29) is 0 Å². The summed E-state index contributed by atoms with van der Waals surface area (Å²) in [6.07, 6.45) is 5.28. The first-order valence-corrected chi connectivity index (χ1v) is 15.3. The molecule has 0 fully saturated rings. The van der Waals surface area contributed by atoms with Crippen molar-refractivity contribution in [3.63, 3.8) is 0 Å². The van der Waals surface area contributed by atoms with Crippen molar-refractivity contribution < 1.29 is 19.2 Å². The molecule has 0 aliphatic carbocycles. The van der Waals surface area contributed by atoms with Crippen LogP contribution in [0.3, 0.4) is 0 Å². The molecule has 0 N–H and O–H groups in total. The maximum atomic E-state index is 3.17. The fourth-order valence-electron chi connectivity index (χ4n) is 2.42. The van der Waals surface area contributed by atoms with Crippen LogP contribution in [-0.4, -0.2) is 0 Å². The first-order chi connectivity index (χ1) is 17.1. The van der Waals surface area contributed by atoms with Gasteiger partial charge >= 0.3 is 97.0 Å². The second-order valence-electron chi connectivity index (χ2n) is 7.82. The Labute approximate surface area is 229 Å². The fraction of sp³-hybridized carbons (Fsp3) is 0.250. The van der Waals surface area contributed by atoms with Crippen LogP contribution in [0, 0.1) is 0 Å². The Morgan fingerprint density at radius 2 is 0.657 bits per heavy atom. The summed E-state index contributed by atoms with van der Waals surface area (Å²) >= 11 is 3.17. The molecule has 0 amide bonds. The van der Waals surface area contributed by atoms with E-state index in [0.29, 0.717) is 0 Å². The first kappa shape index (κ1) is 31.4. The van der Waals surface area contributed by atoms with E-state index in [4.69, 9.17) is 0 Å². The summed E-state index contributed by atoms with van der Waals surface area (Å²) in [5.74, 6) is 0. The van der Waals surface area contributed by atoms with Gasteiger partial charge in [0.25, 0.3) is 0 Å². The van der Waals surface area contributed by atoms with Gasteiger partial charge in [0.2, 0.25) is 0 Å². The van der Waals surface area contributed by atoms with Gasteiger partial charge in [-0.1, -0.05) is 123 Å². The van der Waals surface area contributed by atoms with E-state index in [1.54, 1.807) is 0 Å². The maximum Gasteiger partial charge on any atom is -0.0226 e. The maximum absolute atomic E-state index is 3.17. The molecule has 3 heteroatoms. The van der Waals surface area contributed by atoms with E-state index in [0.717, 1.165) is 17.2 Å². The van der Waals surface area contributed by atoms with Gasteiger partial charge in [-0.2, -0.15) is 0 Å². The van der Waals surface area contributed by atoms with Crippen molar-refractivity contribution >= 4 is 42.4 Å². The summed E-state index contributed by atoms with van der Waals surface area (Å²) in [7, 11) is 1.53. The summed E-state index contributed by atoms with van der Waals surface area (Å²) in [4.78, 5) is 0. The second-order valence-corrected chi connectivity index (χ2v) is 11.5. The van der Waals surface area contributed by atoms with E-state index in [9.17, 15) is 0 Å². The molecule has 189 valence electrons. The summed E-state index contributed by atoms with van der Waals surface area (Å²) in [5, 5.41) is 5.56. The van der Waals surface area contributed by atoms with Crippen molar-refractivity contribution in [1.82, 2.24) is 0 Å². The summed E-state index contributed by atoms with van der Waals surface area (Å²) < 4.78 is 1.18. The Hall–Kier alpha value is -1.60. The molecule has 1 unspecified atom stereocenters. The standard InChI is InChI=1S/C12H11P.C12H10P.2C4H10.Pd/c2*1-3-7-11(8-4-1)13-12-9-5-2-6-10-12;2*1-3-4-2;/h1-10,13H;1,3-10,13H;2*3-4H2,1-2H3;. The van der Waals surface area contributed by atoms with Crippen LogP contribution in [-0.2, 0) is 19.2 Å². The number of benzene rings is 4. The Morgan fingerprint density at radius 1 is 0.400 bits per heavy atom. The van der Waals surface area contributed by atoms with Gasteiger partial charge in [0, 0.05) is 0 Å². The molecule has 35 heavy (non-hydrogen) atoms. The quantitative estimate of drug-likeness (QED) is 0.161. The minimum Gasteiger partial charge on any atom is -0.0622 e. The van der Waals surface area contributed by atoms with Gasteiger partial charge in [-0.15, -0.1) is 0 Å². The molecule has 0 aromatic heterocycles. The van der Waals surface area contributed by atoms with E-state index >= 15 is 0 Å². The molecule has 0 bridgehead atoms. The molecule has 0 heterocycles. The third kappa shape index (κ3) is 16.7. The minimum absolute atomic E-state index is 0.756. The zero-order valence-corrected chi connectivity index (χ0v) is 25.2. The van der Waals surface area contributed by atoms with Crippen LogP contribution in [0.1, 0.15) is 53.4 Å².